The molecule has 234 valence electrons. The van der Waals surface area contributed by atoms with Crippen molar-refractivity contribution in [3.63, 3.8) is 0 Å². The van der Waals surface area contributed by atoms with Crippen molar-refractivity contribution in [3.05, 3.63) is 158 Å². The molecule has 0 aliphatic carbocycles. The van der Waals surface area contributed by atoms with Gasteiger partial charge in [0.2, 0.25) is 0 Å². The number of aromatic nitrogens is 4. The third-order valence-corrected chi connectivity index (χ3v) is 9.24. The topological polar surface area (TPSA) is 77.8 Å². The van der Waals surface area contributed by atoms with E-state index >= 15 is 0 Å². The van der Waals surface area contributed by atoms with Gasteiger partial charge in [-0.05, 0) is 53.1 Å². The fraction of sp³-hybridized carbons (Fsp3) is 0. The van der Waals surface area contributed by atoms with E-state index in [4.69, 9.17) is 23.8 Å². The van der Waals surface area contributed by atoms with E-state index in [1.54, 1.807) is 6.20 Å². The lowest BCUT2D eigenvalue weighted by molar-refractivity contribution is 0.668. The average molecular weight is 643 g/mol. The van der Waals surface area contributed by atoms with E-state index in [1.807, 2.05) is 103 Å². The van der Waals surface area contributed by atoms with Gasteiger partial charge in [0.25, 0.3) is 0 Å². The Hall–Kier alpha value is -6.92. The van der Waals surface area contributed by atoms with Crippen molar-refractivity contribution in [1.29, 1.82) is 0 Å². The van der Waals surface area contributed by atoms with Crippen LogP contribution in [0.15, 0.2) is 167 Å². The first kappa shape index (κ1) is 28.1. The standard InChI is InChI=1S/C44H26N4O2/c1-2-11-27(12-3-1)42-46-43(29-14-8-13-28(25-29)30-15-10-24-45-26-30)48-44(47-42)35-23-22-32(40-34-17-5-7-20-37(34)50-41(35)40)31-18-9-21-38-39(31)33-16-4-6-19-36(33)49-38/h1-26H. The molecule has 0 fully saturated rings. The Morgan fingerprint density at radius 1 is 0.380 bits per heavy atom. The van der Waals surface area contributed by atoms with E-state index in [0.717, 1.165) is 77.2 Å². The predicted octanol–water partition coefficient (Wildman–Crippen LogP) is 11.4. The highest BCUT2D eigenvalue weighted by Gasteiger charge is 2.22. The van der Waals surface area contributed by atoms with Crippen LogP contribution >= 0.6 is 0 Å². The number of furan rings is 2. The van der Waals surface area contributed by atoms with Crippen molar-refractivity contribution in [2.75, 3.05) is 0 Å². The maximum absolute atomic E-state index is 6.72. The lowest BCUT2D eigenvalue weighted by Gasteiger charge is -2.11. The maximum atomic E-state index is 6.72. The molecule has 0 N–H and O–H groups in total. The van der Waals surface area contributed by atoms with Gasteiger partial charge in [-0.25, -0.2) is 15.0 Å². The number of pyridine rings is 1. The molecule has 0 atom stereocenters. The lowest BCUT2D eigenvalue weighted by Crippen LogP contribution is -2.00. The van der Waals surface area contributed by atoms with Gasteiger partial charge in [-0.3, -0.25) is 4.98 Å². The maximum Gasteiger partial charge on any atom is 0.167 e. The molecular weight excluding hydrogens is 617 g/mol. The number of benzene rings is 6. The van der Waals surface area contributed by atoms with E-state index in [0.29, 0.717) is 23.1 Å². The van der Waals surface area contributed by atoms with Crippen LogP contribution in [0.1, 0.15) is 0 Å². The highest BCUT2D eigenvalue weighted by Crippen LogP contribution is 2.45. The predicted molar refractivity (Wildman–Crippen MR) is 199 cm³/mol. The summed E-state index contributed by atoms with van der Waals surface area (Å²) in [5.41, 5.74) is 9.95. The Morgan fingerprint density at radius 3 is 1.80 bits per heavy atom. The number of hydrogen-bond acceptors (Lipinski definition) is 6. The van der Waals surface area contributed by atoms with Crippen LogP contribution in [-0.2, 0) is 0 Å². The molecule has 0 radical (unpaired) electrons. The minimum atomic E-state index is 0.531. The Balaban J connectivity index is 1.23. The van der Waals surface area contributed by atoms with Gasteiger partial charge in [0, 0.05) is 50.6 Å². The minimum Gasteiger partial charge on any atom is -0.456 e. The molecule has 10 rings (SSSR count). The molecule has 4 aromatic heterocycles. The van der Waals surface area contributed by atoms with Crippen LogP contribution in [0.25, 0.3) is 100 Å². The van der Waals surface area contributed by atoms with Gasteiger partial charge >= 0.3 is 0 Å². The van der Waals surface area contributed by atoms with Gasteiger partial charge in [-0.1, -0.05) is 109 Å². The normalized spacial score (nSPS) is 11.6. The van der Waals surface area contributed by atoms with Crippen molar-refractivity contribution in [1.82, 2.24) is 19.9 Å². The van der Waals surface area contributed by atoms with Crippen LogP contribution in [0.2, 0.25) is 0 Å². The van der Waals surface area contributed by atoms with E-state index < -0.39 is 0 Å². The van der Waals surface area contributed by atoms with Crippen LogP contribution in [0, 0.1) is 0 Å². The van der Waals surface area contributed by atoms with Gasteiger partial charge in [0.1, 0.15) is 22.3 Å². The van der Waals surface area contributed by atoms with Gasteiger partial charge in [-0.15, -0.1) is 0 Å². The van der Waals surface area contributed by atoms with Crippen LogP contribution in [0.5, 0.6) is 0 Å². The summed E-state index contributed by atoms with van der Waals surface area (Å²) in [4.78, 5) is 19.5. The zero-order valence-electron chi connectivity index (χ0n) is 26.6. The molecular formula is C44H26N4O2. The average Bonchev–Trinajstić information content (AvgIpc) is 3.77. The Kier molecular flexibility index (Phi) is 6.39. The molecule has 0 spiro atoms. The zero-order valence-corrected chi connectivity index (χ0v) is 26.6. The summed E-state index contributed by atoms with van der Waals surface area (Å²) in [5.74, 6) is 1.69. The second-order valence-corrected chi connectivity index (χ2v) is 12.2. The van der Waals surface area contributed by atoms with Crippen molar-refractivity contribution in [2.45, 2.75) is 0 Å². The first-order valence-electron chi connectivity index (χ1n) is 16.5. The molecule has 6 nitrogen and oxygen atoms in total. The molecule has 0 bridgehead atoms. The molecule has 50 heavy (non-hydrogen) atoms. The summed E-state index contributed by atoms with van der Waals surface area (Å²) in [6, 6.07) is 49.0. The van der Waals surface area contributed by atoms with E-state index in [1.165, 1.54) is 0 Å². The van der Waals surface area contributed by atoms with Crippen molar-refractivity contribution in [3.8, 4) is 56.4 Å². The minimum absolute atomic E-state index is 0.531. The summed E-state index contributed by atoms with van der Waals surface area (Å²) in [7, 11) is 0. The fourth-order valence-electron chi connectivity index (χ4n) is 6.94. The smallest absolute Gasteiger partial charge is 0.167 e. The fourth-order valence-corrected chi connectivity index (χ4v) is 6.94. The molecule has 4 heterocycles. The number of rotatable bonds is 5. The Labute approximate surface area is 286 Å². The van der Waals surface area contributed by atoms with Crippen LogP contribution < -0.4 is 0 Å². The summed E-state index contributed by atoms with van der Waals surface area (Å²) in [6.07, 6.45) is 3.64. The van der Waals surface area contributed by atoms with Crippen LogP contribution in [0.4, 0.5) is 0 Å². The number of nitrogens with zero attached hydrogens (tertiary/aromatic N) is 4. The third-order valence-electron chi connectivity index (χ3n) is 9.24. The summed E-state index contributed by atoms with van der Waals surface area (Å²) in [6.45, 7) is 0. The molecule has 6 heteroatoms. The lowest BCUT2D eigenvalue weighted by atomic mass is 9.94. The van der Waals surface area contributed by atoms with Crippen LogP contribution in [0.3, 0.4) is 0 Å². The van der Waals surface area contributed by atoms with Crippen molar-refractivity contribution < 1.29 is 8.83 Å². The van der Waals surface area contributed by atoms with Gasteiger partial charge in [0.15, 0.2) is 17.5 Å². The number of para-hydroxylation sites is 2. The van der Waals surface area contributed by atoms with Gasteiger partial charge < -0.3 is 8.83 Å². The number of fused-ring (bicyclic) bond motifs is 6. The summed E-state index contributed by atoms with van der Waals surface area (Å²) < 4.78 is 13.0. The summed E-state index contributed by atoms with van der Waals surface area (Å²) in [5, 5.41) is 4.17. The number of hydrogen-bond donors (Lipinski definition) is 0. The molecule has 0 saturated carbocycles. The quantitative estimate of drug-likeness (QED) is 0.186. The first-order chi connectivity index (χ1) is 24.8. The SMILES string of the molecule is c1ccc(-c2nc(-c3cccc(-c4cccnc4)c3)nc(-c3ccc(-c4cccc5oc6ccccc6c45)c4c3oc3ccccc34)n2)cc1. The van der Waals surface area contributed by atoms with Gasteiger partial charge in [0.05, 0.1) is 5.56 Å². The van der Waals surface area contributed by atoms with Crippen molar-refractivity contribution >= 4 is 43.9 Å². The third kappa shape index (κ3) is 4.58. The van der Waals surface area contributed by atoms with Crippen LogP contribution in [-0.4, -0.2) is 19.9 Å². The van der Waals surface area contributed by atoms with E-state index in [2.05, 4.69) is 53.5 Å². The summed E-state index contributed by atoms with van der Waals surface area (Å²) >= 11 is 0. The molecule has 0 aliphatic heterocycles. The zero-order chi connectivity index (χ0) is 33.0. The Bertz CT molecular complexity index is 2880. The molecule has 0 unspecified atom stereocenters. The van der Waals surface area contributed by atoms with Gasteiger partial charge in [-0.2, -0.15) is 0 Å². The van der Waals surface area contributed by atoms with E-state index in [-0.39, 0.29) is 0 Å². The molecule has 0 saturated heterocycles. The van der Waals surface area contributed by atoms with Crippen molar-refractivity contribution in [2.24, 2.45) is 0 Å². The van der Waals surface area contributed by atoms with E-state index in [9.17, 15) is 0 Å². The second-order valence-electron chi connectivity index (χ2n) is 12.2. The largest absolute Gasteiger partial charge is 0.456 e. The second kappa shape index (κ2) is 11.4. The Morgan fingerprint density at radius 2 is 0.980 bits per heavy atom. The monoisotopic (exact) mass is 642 g/mol. The molecule has 0 amide bonds. The molecule has 6 aromatic carbocycles. The molecule has 0 aliphatic rings. The first-order valence-corrected chi connectivity index (χ1v) is 16.5. The highest BCUT2D eigenvalue weighted by molar-refractivity contribution is 6.21. The highest BCUT2D eigenvalue weighted by atomic mass is 16.3. The molecule has 10 aromatic rings.